The molecule has 2 aliphatic carbocycles. The summed E-state index contributed by atoms with van der Waals surface area (Å²) in [5.41, 5.74) is 2.00. The number of thiazole rings is 1. The second-order valence-corrected chi connectivity index (χ2v) is 11.2. The summed E-state index contributed by atoms with van der Waals surface area (Å²) in [6.45, 7) is 2.87. The van der Waals surface area contributed by atoms with Gasteiger partial charge in [0, 0.05) is 50.1 Å². The lowest BCUT2D eigenvalue weighted by molar-refractivity contribution is -0.134. The molecule has 34 heavy (non-hydrogen) atoms. The molecule has 2 aromatic rings. The van der Waals surface area contributed by atoms with Gasteiger partial charge in [0.1, 0.15) is 6.10 Å². The molecule has 3 aliphatic rings. The van der Waals surface area contributed by atoms with Gasteiger partial charge in [0.25, 0.3) is 11.1 Å². The van der Waals surface area contributed by atoms with Crippen molar-refractivity contribution in [1.82, 2.24) is 25.0 Å². The smallest absolute Gasteiger partial charge is 0.273 e. The molecule has 1 aliphatic heterocycles. The number of amides is 1. The fraction of sp³-hybridized carbons (Fsp3) is 0.708. The summed E-state index contributed by atoms with van der Waals surface area (Å²) in [5.74, 6) is -1.79. The zero-order valence-electron chi connectivity index (χ0n) is 19.6. The van der Waals surface area contributed by atoms with Gasteiger partial charge in [-0.15, -0.1) is 0 Å². The number of nitrogens with one attached hydrogen (secondary N) is 1. The lowest BCUT2D eigenvalue weighted by atomic mass is 9.84. The van der Waals surface area contributed by atoms with Gasteiger partial charge in [0.05, 0.1) is 18.3 Å². The number of halogens is 2. The number of carbonyl (C=O) groups excluding carboxylic acids is 1. The fourth-order valence-corrected chi connectivity index (χ4v) is 6.26. The third-order valence-corrected chi connectivity index (χ3v) is 8.34. The molecule has 2 aromatic heterocycles. The van der Waals surface area contributed by atoms with Gasteiger partial charge in [-0.05, 0) is 56.6 Å². The lowest BCUT2D eigenvalue weighted by Gasteiger charge is -2.33. The van der Waals surface area contributed by atoms with E-state index in [4.69, 9.17) is 4.74 Å². The summed E-state index contributed by atoms with van der Waals surface area (Å²) >= 11 is 1.52. The Balaban J connectivity index is 1.00. The minimum Gasteiger partial charge on any atom is -0.466 e. The highest BCUT2D eigenvalue weighted by Gasteiger charge is 2.47. The van der Waals surface area contributed by atoms with E-state index in [2.05, 4.69) is 20.3 Å². The third-order valence-electron chi connectivity index (χ3n) is 7.30. The van der Waals surface area contributed by atoms with E-state index in [1.807, 2.05) is 13.2 Å². The summed E-state index contributed by atoms with van der Waals surface area (Å²) in [7, 11) is 1.86. The highest BCUT2D eigenvalue weighted by molar-refractivity contribution is 7.13. The number of alkyl halides is 2. The molecule has 0 spiro atoms. The van der Waals surface area contributed by atoms with Crippen molar-refractivity contribution >= 4 is 17.2 Å². The van der Waals surface area contributed by atoms with Gasteiger partial charge in [0.2, 0.25) is 5.91 Å². The molecule has 10 heteroatoms. The first-order chi connectivity index (χ1) is 16.3. The van der Waals surface area contributed by atoms with E-state index in [0.29, 0.717) is 17.5 Å². The van der Waals surface area contributed by atoms with Crippen molar-refractivity contribution in [3.05, 3.63) is 28.5 Å². The van der Waals surface area contributed by atoms with Crippen molar-refractivity contribution in [2.24, 2.45) is 13.0 Å². The van der Waals surface area contributed by atoms with E-state index >= 15 is 0 Å². The van der Waals surface area contributed by atoms with Crippen LogP contribution in [0.4, 0.5) is 8.78 Å². The number of hydrogen-bond donors (Lipinski definition) is 1. The average Bonchev–Trinajstić information content (AvgIpc) is 3.36. The Morgan fingerprint density at radius 1 is 1.29 bits per heavy atom. The molecular formula is C24H33F2N5O2S. The molecule has 2 fully saturated rings. The Labute approximate surface area is 202 Å². The van der Waals surface area contributed by atoms with Crippen LogP contribution in [0.2, 0.25) is 0 Å². The summed E-state index contributed by atoms with van der Waals surface area (Å²) < 4.78 is 33.5. The molecule has 2 saturated carbocycles. The van der Waals surface area contributed by atoms with E-state index < -0.39 is 12.0 Å². The summed E-state index contributed by atoms with van der Waals surface area (Å²) in [6.07, 6.45) is 9.74. The predicted octanol–water partition coefficient (Wildman–Crippen LogP) is 3.72. The maximum atomic E-state index is 13.0. The van der Waals surface area contributed by atoms with Crippen molar-refractivity contribution in [2.75, 3.05) is 13.1 Å². The topological polar surface area (TPSA) is 72.3 Å². The number of aryl methyl sites for hydroxylation is 1. The Morgan fingerprint density at radius 2 is 2.09 bits per heavy atom. The van der Waals surface area contributed by atoms with E-state index in [-0.39, 0.29) is 24.8 Å². The van der Waals surface area contributed by atoms with Gasteiger partial charge in [-0.3, -0.25) is 14.4 Å². The van der Waals surface area contributed by atoms with E-state index in [1.54, 1.807) is 10.9 Å². The number of fused-ring (bicyclic) bond motifs is 1. The van der Waals surface area contributed by atoms with Crippen LogP contribution in [-0.2, 0) is 31.2 Å². The number of carbonyl (C=O) groups is 1. The Morgan fingerprint density at radius 3 is 2.79 bits per heavy atom. The minimum atomic E-state index is -2.57. The molecule has 1 N–H and O–H groups in total. The highest BCUT2D eigenvalue weighted by Crippen LogP contribution is 2.41. The number of nitrogens with zero attached hydrogens (tertiary/aromatic N) is 4. The molecule has 0 bridgehead atoms. The van der Waals surface area contributed by atoms with Gasteiger partial charge in [0.15, 0.2) is 0 Å². The second kappa shape index (κ2) is 9.89. The summed E-state index contributed by atoms with van der Waals surface area (Å²) in [6, 6.07) is 0.280. The van der Waals surface area contributed by atoms with Crippen LogP contribution in [-0.4, -0.2) is 56.7 Å². The molecule has 0 radical (unpaired) electrons. The Bertz CT molecular complexity index is 993. The fourth-order valence-electron chi connectivity index (χ4n) is 5.29. The zero-order chi connectivity index (χ0) is 23.7. The molecule has 186 valence electrons. The number of aromatic nitrogens is 3. The van der Waals surface area contributed by atoms with Crippen LogP contribution in [0.15, 0.2) is 12.4 Å². The molecule has 3 heterocycles. The van der Waals surface area contributed by atoms with E-state index in [1.165, 1.54) is 16.2 Å². The summed E-state index contributed by atoms with van der Waals surface area (Å²) in [4.78, 5) is 20.6. The van der Waals surface area contributed by atoms with Crippen LogP contribution in [0.3, 0.4) is 0 Å². The van der Waals surface area contributed by atoms with E-state index in [0.717, 1.165) is 69.4 Å². The number of rotatable bonds is 8. The Kier molecular flexibility index (Phi) is 6.88. The molecule has 0 unspecified atom stereocenters. The second-order valence-electron chi connectivity index (χ2n) is 10.2. The Hall–Kier alpha value is -2.07. The predicted molar refractivity (Wildman–Crippen MR) is 125 cm³/mol. The largest absolute Gasteiger partial charge is 0.466 e. The van der Waals surface area contributed by atoms with Gasteiger partial charge in [-0.1, -0.05) is 11.3 Å². The van der Waals surface area contributed by atoms with Crippen LogP contribution >= 0.6 is 11.3 Å². The first kappa shape index (κ1) is 23.7. The highest BCUT2D eigenvalue weighted by atomic mass is 32.1. The van der Waals surface area contributed by atoms with Crippen LogP contribution in [0, 0.1) is 5.92 Å². The maximum absolute atomic E-state index is 13.0. The molecule has 0 aromatic carbocycles. The molecule has 0 atom stereocenters. The van der Waals surface area contributed by atoms with Gasteiger partial charge in [-0.2, -0.15) is 5.10 Å². The first-order valence-electron chi connectivity index (χ1n) is 12.3. The van der Waals surface area contributed by atoms with Crippen molar-refractivity contribution in [3.8, 4) is 5.19 Å². The first-order valence-corrected chi connectivity index (χ1v) is 13.2. The van der Waals surface area contributed by atoms with E-state index in [9.17, 15) is 13.6 Å². The average molecular weight is 494 g/mol. The van der Waals surface area contributed by atoms with Gasteiger partial charge < -0.3 is 10.1 Å². The maximum Gasteiger partial charge on any atom is 0.273 e. The molecule has 5 rings (SSSR count). The molecule has 0 saturated heterocycles. The minimum absolute atomic E-state index is 0.0817. The van der Waals surface area contributed by atoms with Crippen LogP contribution in [0.1, 0.15) is 61.1 Å². The molecular weight excluding hydrogens is 460 g/mol. The SMILES string of the molecule is Cn1cc(CC(=O)N[C@H]2CC[C@H](CCN3CCc4sc(OC5CC(F)(F)C5)nc4C3)CC2)cn1. The number of ether oxygens (including phenoxy) is 1. The van der Waals surface area contributed by atoms with Crippen molar-refractivity contribution < 1.29 is 18.3 Å². The summed E-state index contributed by atoms with van der Waals surface area (Å²) in [5, 5.41) is 7.87. The van der Waals surface area contributed by atoms with Crippen molar-refractivity contribution in [2.45, 2.75) is 82.4 Å². The standard InChI is InChI=1S/C24H33F2N5O2S/c1-30-14-17(13-27-30)10-22(32)28-18-4-2-16(3-5-18)6-8-31-9-7-21-20(15-31)29-23(34-21)33-19-11-24(25,26)12-19/h13-14,16,18-19H,2-12,15H2,1H3,(H,28,32)/t16-,18-. The van der Waals surface area contributed by atoms with Crippen LogP contribution in [0.25, 0.3) is 0 Å². The monoisotopic (exact) mass is 493 g/mol. The molecule has 1 amide bonds. The lowest BCUT2D eigenvalue weighted by Crippen LogP contribution is -2.43. The van der Waals surface area contributed by atoms with Crippen LogP contribution < -0.4 is 10.1 Å². The molecule has 7 nitrogen and oxygen atoms in total. The normalized spacial score (nSPS) is 24.9. The number of hydrogen-bond acceptors (Lipinski definition) is 6. The third kappa shape index (κ3) is 5.94. The zero-order valence-corrected chi connectivity index (χ0v) is 20.5. The van der Waals surface area contributed by atoms with Gasteiger partial charge in [-0.25, -0.2) is 13.8 Å². The van der Waals surface area contributed by atoms with Crippen LogP contribution in [0.5, 0.6) is 5.19 Å². The quantitative estimate of drug-likeness (QED) is 0.607. The van der Waals surface area contributed by atoms with Gasteiger partial charge >= 0.3 is 0 Å². The van der Waals surface area contributed by atoms with Crippen molar-refractivity contribution in [1.29, 1.82) is 0 Å². The van der Waals surface area contributed by atoms with Crippen molar-refractivity contribution in [3.63, 3.8) is 0 Å².